The van der Waals surface area contributed by atoms with E-state index in [9.17, 15) is 9.90 Å². The quantitative estimate of drug-likeness (QED) is 0.381. The number of carbonyl (C=O) groups is 1. The number of halogens is 1. The third-order valence-corrected chi connectivity index (χ3v) is 2.48. The van der Waals surface area contributed by atoms with Gasteiger partial charge in [0.05, 0.1) is 12.3 Å². The molecule has 0 bridgehead atoms. The number of aliphatic hydroxyl groups excluding tert-OH is 1. The van der Waals surface area contributed by atoms with Crippen molar-refractivity contribution in [1.29, 1.82) is 5.41 Å². The zero-order chi connectivity index (χ0) is 13.7. The minimum atomic E-state index is -0.711. The smallest absolute Gasteiger partial charge is 0.343 e. The van der Waals surface area contributed by atoms with Crippen LogP contribution < -0.4 is 0 Å². The van der Waals surface area contributed by atoms with Crippen molar-refractivity contribution in [3.63, 3.8) is 0 Å². The first-order chi connectivity index (χ1) is 8.47. The molecule has 0 spiro atoms. The lowest BCUT2D eigenvalue weighted by molar-refractivity contribution is -0.138. The second kappa shape index (κ2) is 6.21. The van der Waals surface area contributed by atoms with Crippen molar-refractivity contribution in [3.8, 4) is 0 Å². The van der Waals surface area contributed by atoms with Crippen LogP contribution in [0.3, 0.4) is 0 Å². The zero-order valence-electron chi connectivity index (χ0n) is 10.2. The fraction of sp³-hybridized carbons (Fsp3) is 0.231. The Balaban J connectivity index is 3.09. The second-order valence-corrected chi connectivity index (χ2v) is 4.00. The van der Waals surface area contributed by atoms with Crippen LogP contribution in [0.1, 0.15) is 19.4 Å². The highest BCUT2D eigenvalue weighted by Crippen LogP contribution is 2.16. The molecule has 0 saturated heterocycles. The summed E-state index contributed by atoms with van der Waals surface area (Å²) in [7, 11) is 0. The lowest BCUT2D eigenvalue weighted by atomic mass is 10.0. The van der Waals surface area contributed by atoms with Gasteiger partial charge in [0.2, 0.25) is 0 Å². The van der Waals surface area contributed by atoms with Gasteiger partial charge in [-0.2, -0.15) is 0 Å². The van der Waals surface area contributed by atoms with Crippen LogP contribution >= 0.6 is 11.6 Å². The van der Waals surface area contributed by atoms with E-state index in [4.69, 9.17) is 21.7 Å². The standard InChI is InChI=1S/C13H14ClNO3/c1-3-18-13(17)11(8(2)16)12(15)9-4-6-10(14)7-5-9/h4-7,15-16H,3H2,1-2H3. The Morgan fingerprint density at radius 3 is 2.39 bits per heavy atom. The maximum absolute atomic E-state index is 11.7. The summed E-state index contributed by atoms with van der Waals surface area (Å²) >= 11 is 5.75. The minimum Gasteiger partial charge on any atom is -0.512 e. The number of aliphatic hydroxyl groups is 1. The Hall–Kier alpha value is -1.81. The molecule has 96 valence electrons. The summed E-state index contributed by atoms with van der Waals surface area (Å²) in [6.07, 6.45) is 0. The summed E-state index contributed by atoms with van der Waals surface area (Å²) in [4.78, 5) is 11.7. The molecule has 0 saturated carbocycles. The Bertz CT molecular complexity index is 487. The molecule has 5 heteroatoms. The minimum absolute atomic E-state index is 0.0925. The van der Waals surface area contributed by atoms with Crippen LogP contribution in [0.2, 0.25) is 5.02 Å². The maximum Gasteiger partial charge on any atom is 0.343 e. The van der Waals surface area contributed by atoms with Crippen LogP contribution in [0.15, 0.2) is 35.6 Å². The summed E-state index contributed by atoms with van der Waals surface area (Å²) in [5, 5.41) is 18.0. The SMILES string of the molecule is CCOC(=O)C(C(=N)c1ccc(Cl)cc1)=C(C)O. The first kappa shape index (κ1) is 14.3. The van der Waals surface area contributed by atoms with Gasteiger partial charge in [0.15, 0.2) is 0 Å². The fourth-order valence-corrected chi connectivity index (χ4v) is 1.52. The molecule has 2 N–H and O–H groups in total. The topological polar surface area (TPSA) is 70.4 Å². The number of carbonyl (C=O) groups excluding carboxylic acids is 1. The third kappa shape index (κ3) is 3.34. The molecule has 0 fully saturated rings. The number of benzene rings is 1. The average molecular weight is 268 g/mol. The maximum atomic E-state index is 11.7. The van der Waals surface area contributed by atoms with Crippen LogP contribution in [0.25, 0.3) is 0 Å². The van der Waals surface area contributed by atoms with E-state index in [0.717, 1.165) is 0 Å². The fourth-order valence-electron chi connectivity index (χ4n) is 1.39. The zero-order valence-corrected chi connectivity index (χ0v) is 10.9. The van der Waals surface area contributed by atoms with Crippen molar-refractivity contribution in [2.45, 2.75) is 13.8 Å². The second-order valence-electron chi connectivity index (χ2n) is 3.56. The van der Waals surface area contributed by atoms with Crippen LogP contribution in [0.5, 0.6) is 0 Å². The van der Waals surface area contributed by atoms with Gasteiger partial charge in [-0.15, -0.1) is 0 Å². The van der Waals surface area contributed by atoms with Gasteiger partial charge in [0, 0.05) is 10.6 Å². The number of allylic oxidation sites excluding steroid dienone is 1. The van der Waals surface area contributed by atoms with Crippen LogP contribution in [0, 0.1) is 5.41 Å². The largest absolute Gasteiger partial charge is 0.512 e. The predicted octanol–water partition coefficient (Wildman–Crippen LogP) is 3.10. The van der Waals surface area contributed by atoms with Crippen LogP contribution in [-0.4, -0.2) is 23.4 Å². The molecule has 0 aromatic heterocycles. The molecule has 0 amide bonds. The van der Waals surface area contributed by atoms with E-state index in [0.29, 0.717) is 10.6 Å². The molecule has 1 rings (SSSR count). The van der Waals surface area contributed by atoms with Crippen LogP contribution in [0.4, 0.5) is 0 Å². The molecule has 0 unspecified atom stereocenters. The Labute approximate surface area is 110 Å². The molecule has 18 heavy (non-hydrogen) atoms. The molecule has 0 aliphatic heterocycles. The third-order valence-electron chi connectivity index (χ3n) is 2.22. The van der Waals surface area contributed by atoms with Gasteiger partial charge in [-0.25, -0.2) is 4.79 Å². The van der Waals surface area contributed by atoms with E-state index in [1.54, 1.807) is 31.2 Å². The Kier molecular flexibility index (Phi) is 4.92. The predicted molar refractivity (Wildman–Crippen MR) is 70.2 cm³/mol. The number of ether oxygens (including phenoxy) is 1. The summed E-state index contributed by atoms with van der Waals surface area (Å²) in [6, 6.07) is 6.43. The number of rotatable bonds is 4. The highest BCUT2D eigenvalue weighted by atomic mass is 35.5. The first-order valence-corrected chi connectivity index (χ1v) is 5.77. The normalized spacial score (nSPS) is 11.7. The van der Waals surface area contributed by atoms with E-state index in [-0.39, 0.29) is 23.7 Å². The number of hydrogen-bond acceptors (Lipinski definition) is 4. The highest BCUT2D eigenvalue weighted by molar-refractivity contribution is 6.31. The van der Waals surface area contributed by atoms with Gasteiger partial charge in [0.1, 0.15) is 11.3 Å². The summed E-state index contributed by atoms with van der Waals surface area (Å²) in [5.74, 6) is -0.953. The van der Waals surface area contributed by atoms with Crippen LogP contribution in [-0.2, 0) is 9.53 Å². The molecule has 0 radical (unpaired) electrons. The van der Waals surface area contributed by atoms with Crippen molar-refractivity contribution >= 4 is 23.3 Å². The molecular formula is C13H14ClNO3. The average Bonchev–Trinajstić information content (AvgIpc) is 2.29. The highest BCUT2D eigenvalue weighted by Gasteiger charge is 2.20. The van der Waals surface area contributed by atoms with Crippen molar-refractivity contribution in [2.75, 3.05) is 6.61 Å². The van der Waals surface area contributed by atoms with E-state index in [1.807, 2.05) is 0 Å². The van der Waals surface area contributed by atoms with Gasteiger partial charge in [-0.1, -0.05) is 23.7 Å². The van der Waals surface area contributed by atoms with Crippen molar-refractivity contribution in [3.05, 3.63) is 46.2 Å². The molecule has 0 aliphatic carbocycles. The van der Waals surface area contributed by atoms with Gasteiger partial charge >= 0.3 is 5.97 Å². The number of nitrogens with one attached hydrogen (secondary N) is 1. The Morgan fingerprint density at radius 2 is 1.94 bits per heavy atom. The molecular weight excluding hydrogens is 254 g/mol. The van der Waals surface area contributed by atoms with Crippen molar-refractivity contribution in [2.24, 2.45) is 0 Å². The molecule has 0 aliphatic rings. The van der Waals surface area contributed by atoms with E-state index in [1.165, 1.54) is 6.92 Å². The van der Waals surface area contributed by atoms with E-state index in [2.05, 4.69) is 0 Å². The van der Waals surface area contributed by atoms with E-state index >= 15 is 0 Å². The Morgan fingerprint density at radius 1 is 1.39 bits per heavy atom. The van der Waals surface area contributed by atoms with Crippen molar-refractivity contribution < 1.29 is 14.6 Å². The van der Waals surface area contributed by atoms with Gasteiger partial charge in [0.25, 0.3) is 0 Å². The summed E-state index contributed by atoms with van der Waals surface area (Å²) < 4.78 is 4.81. The number of esters is 1. The summed E-state index contributed by atoms with van der Waals surface area (Å²) in [6.45, 7) is 3.19. The number of hydrogen-bond donors (Lipinski definition) is 2. The molecule has 1 aromatic rings. The van der Waals surface area contributed by atoms with E-state index < -0.39 is 5.97 Å². The van der Waals surface area contributed by atoms with Gasteiger partial charge in [-0.3, -0.25) is 5.41 Å². The summed E-state index contributed by atoms with van der Waals surface area (Å²) in [5.41, 5.74) is 0.250. The van der Waals surface area contributed by atoms with Gasteiger partial charge < -0.3 is 9.84 Å². The lowest BCUT2D eigenvalue weighted by Gasteiger charge is -2.09. The first-order valence-electron chi connectivity index (χ1n) is 5.39. The molecule has 4 nitrogen and oxygen atoms in total. The van der Waals surface area contributed by atoms with Gasteiger partial charge in [-0.05, 0) is 26.0 Å². The molecule has 0 atom stereocenters. The monoisotopic (exact) mass is 267 g/mol. The molecule has 1 aromatic carbocycles. The lowest BCUT2D eigenvalue weighted by Crippen LogP contribution is -2.18. The molecule has 0 heterocycles. The van der Waals surface area contributed by atoms with Crippen molar-refractivity contribution in [1.82, 2.24) is 0 Å².